The Balaban J connectivity index is 0.000000980. The summed E-state index contributed by atoms with van der Waals surface area (Å²) in [5.74, 6) is -0.921. The van der Waals surface area contributed by atoms with Crippen molar-refractivity contribution in [3.63, 3.8) is 0 Å². The Hall–Kier alpha value is -0.670. The van der Waals surface area contributed by atoms with Crippen LogP contribution in [-0.4, -0.2) is 6.04 Å². The fraction of sp³-hybridized carbons (Fsp3) is 0.400. The molecule has 0 aliphatic heterocycles. The van der Waals surface area contributed by atoms with Gasteiger partial charge in [-0.2, -0.15) is 0 Å². The molecule has 0 spiro atoms. The molecule has 0 heterocycles. The smallest absolute Gasteiger partial charge is 0.129 e. The normalized spacial score (nSPS) is 25.1. The summed E-state index contributed by atoms with van der Waals surface area (Å²) in [6.45, 7) is 0. The van der Waals surface area contributed by atoms with E-state index in [1.54, 1.807) is 0 Å². The third-order valence-corrected chi connectivity index (χ3v) is 2.69. The predicted molar refractivity (Wildman–Crippen MR) is 53.6 cm³/mol. The van der Waals surface area contributed by atoms with Gasteiger partial charge >= 0.3 is 0 Å². The van der Waals surface area contributed by atoms with Crippen LogP contribution in [0.25, 0.3) is 0 Å². The molecular weight excluding hydrogens is 208 g/mol. The van der Waals surface area contributed by atoms with Gasteiger partial charge in [-0.3, -0.25) is 0 Å². The van der Waals surface area contributed by atoms with Crippen molar-refractivity contribution in [3.8, 4) is 0 Å². The van der Waals surface area contributed by atoms with Crippen LogP contribution in [0.1, 0.15) is 24.3 Å². The van der Waals surface area contributed by atoms with E-state index in [0.29, 0.717) is 5.56 Å². The van der Waals surface area contributed by atoms with Gasteiger partial charge in [0.25, 0.3) is 0 Å². The molecule has 1 aliphatic rings. The molecule has 78 valence electrons. The van der Waals surface area contributed by atoms with Gasteiger partial charge in [0.15, 0.2) is 0 Å². The zero-order valence-corrected chi connectivity index (χ0v) is 8.36. The third-order valence-electron chi connectivity index (χ3n) is 2.69. The van der Waals surface area contributed by atoms with E-state index in [4.69, 9.17) is 5.73 Å². The van der Waals surface area contributed by atoms with Crippen LogP contribution in [0.5, 0.6) is 0 Å². The summed E-state index contributed by atoms with van der Waals surface area (Å²) in [6.07, 6.45) is 1.84. The van der Waals surface area contributed by atoms with Crippen molar-refractivity contribution >= 4 is 12.4 Å². The highest BCUT2D eigenvalue weighted by atomic mass is 35.5. The minimum Gasteiger partial charge on any atom is -0.327 e. The summed E-state index contributed by atoms with van der Waals surface area (Å²) >= 11 is 0. The van der Waals surface area contributed by atoms with Crippen LogP contribution in [0.3, 0.4) is 0 Å². The van der Waals surface area contributed by atoms with Crippen LogP contribution in [0, 0.1) is 11.6 Å². The van der Waals surface area contributed by atoms with Crippen molar-refractivity contribution in [2.45, 2.75) is 24.8 Å². The van der Waals surface area contributed by atoms with Crippen molar-refractivity contribution in [3.05, 3.63) is 35.4 Å². The van der Waals surface area contributed by atoms with Gasteiger partial charge in [-0.1, -0.05) is 6.07 Å². The van der Waals surface area contributed by atoms with E-state index in [-0.39, 0.29) is 24.4 Å². The Kier molecular flexibility index (Phi) is 3.45. The molecule has 0 aromatic heterocycles. The minimum atomic E-state index is -0.533. The number of halogens is 3. The second kappa shape index (κ2) is 4.24. The topological polar surface area (TPSA) is 26.0 Å². The molecule has 0 saturated heterocycles. The van der Waals surface area contributed by atoms with Gasteiger partial charge in [0, 0.05) is 18.0 Å². The predicted octanol–water partition coefficient (Wildman–Crippen LogP) is 2.59. The Morgan fingerprint density at radius 3 is 2.36 bits per heavy atom. The van der Waals surface area contributed by atoms with E-state index < -0.39 is 11.6 Å². The maximum Gasteiger partial charge on any atom is 0.129 e. The molecule has 14 heavy (non-hydrogen) atoms. The average molecular weight is 220 g/mol. The lowest BCUT2D eigenvalue weighted by Gasteiger charge is -2.34. The first-order chi connectivity index (χ1) is 6.18. The van der Waals surface area contributed by atoms with Gasteiger partial charge in [-0.15, -0.1) is 12.4 Å². The molecule has 1 aromatic carbocycles. The fourth-order valence-electron chi connectivity index (χ4n) is 1.71. The quantitative estimate of drug-likeness (QED) is 0.772. The van der Waals surface area contributed by atoms with E-state index >= 15 is 0 Å². The molecule has 0 radical (unpaired) electrons. The maximum absolute atomic E-state index is 13.2. The Bertz CT molecular complexity index is 330. The van der Waals surface area contributed by atoms with Crippen LogP contribution in [-0.2, 0) is 0 Å². The standard InChI is InChI=1S/C10H11F2N.ClH/c11-6-1-2-7(9(12)5-6)8-3-4-10(8)13;/h1-2,5,8,10H,3-4,13H2;1H/t8-,10-;/m1./s1. The van der Waals surface area contributed by atoms with Crippen molar-refractivity contribution in [1.82, 2.24) is 0 Å². The third kappa shape index (κ3) is 1.88. The van der Waals surface area contributed by atoms with Crippen LogP contribution in [0.2, 0.25) is 0 Å². The molecule has 0 bridgehead atoms. The molecular formula is C10H12ClF2N. The number of nitrogens with two attached hydrogens (primary N) is 1. The highest BCUT2D eigenvalue weighted by Crippen LogP contribution is 2.36. The SMILES string of the molecule is Cl.N[C@@H]1CC[C@@H]1c1ccc(F)cc1F. The Morgan fingerprint density at radius 2 is 1.93 bits per heavy atom. The van der Waals surface area contributed by atoms with Crippen LogP contribution in [0.15, 0.2) is 18.2 Å². The van der Waals surface area contributed by atoms with E-state index in [2.05, 4.69) is 0 Å². The van der Waals surface area contributed by atoms with Gasteiger partial charge in [0.1, 0.15) is 11.6 Å². The van der Waals surface area contributed by atoms with Crippen molar-refractivity contribution in [2.24, 2.45) is 5.73 Å². The summed E-state index contributed by atoms with van der Waals surface area (Å²) in [5.41, 5.74) is 6.26. The second-order valence-corrected chi connectivity index (χ2v) is 3.51. The average Bonchev–Trinajstić information content (AvgIpc) is 2.07. The largest absolute Gasteiger partial charge is 0.327 e. The number of hydrogen-bond donors (Lipinski definition) is 1. The molecule has 1 saturated carbocycles. The monoisotopic (exact) mass is 219 g/mol. The van der Waals surface area contributed by atoms with Gasteiger partial charge in [-0.05, 0) is 24.5 Å². The highest BCUT2D eigenvalue weighted by Gasteiger charge is 2.30. The molecule has 0 unspecified atom stereocenters. The van der Waals surface area contributed by atoms with Crippen LogP contribution >= 0.6 is 12.4 Å². The van der Waals surface area contributed by atoms with E-state index in [0.717, 1.165) is 18.9 Å². The summed E-state index contributed by atoms with van der Waals surface area (Å²) < 4.78 is 25.8. The number of benzene rings is 1. The number of hydrogen-bond acceptors (Lipinski definition) is 1. The maximum atomic E-state index is 13.2. The van der Waals surface area contributed by atoms with Crippen LogP contribution in [0.4, 0.5) is 8.78 Å². The zero-order valence-electron chi connectivity index (χ0n) is 7.54. The van der Waals surface area contributed by atoms with Gasteiger partial charge < -0.3 is 5.73 Å². The molecule has 1 aliphatic carbocycles. The lowest BCUT2D eigenvalue weighted by Crippen LogP contribution is -2.37. The van der Waals surface area contributed by atoms with E-state index in [1.165, 1.54) is 12.1 Å². The van der Waals surface area contributed by atoms with Crippen LogP contribution < -0.4 is 5.73 Å². The van der Waals surface area contributed by atoms with Gasteiger partial charge in [0.05, 0.1) is 0 Å². The molecule has 1 aromatic rings. The molecule has 2 rings (SSSR count). The fourth-order valence-corrected chi connectivity index (χ4v) is 1.71. The van der Waals surface area contributed by atoms with E-state index in [9.17, 15) is 8.78 Å². The molecule has 2 atom stereocenters. The molecule has 1 fully saturated rings. The summed E-state index contributed by atoms with van der Waals surface area (Å²) in [4.78, 5) is 0. The summed E-state index contributed by atoms with van der Waals surface area (Å²) in [7, 11) is 0. The first-order valence-electron chi connectivity index (χ1n) is 4.39. The van der Waals surface area contributed by atoms with Crippen molar-refractivity contribution in [1.29, 1.82) is 0 Å². The highest BCUT2D eigenvalue weighted by molar-refractivity contribution is 5.85. The van der Waals surface area contributed by atoms with Gasteiger partial charge in [0.2, 0.25) is 0 Å². The lowest BCUT2D eigenvalue weighted by molar-refractivity contribution is 0.336. The summed E-state index contributed by atoms with van der Waals surface area (Å²) in [6, 6.07) is 3.73. The second-order valence-electron chi connectivity index (χ2n) is 3.51. The van der Waals surface area contributed by atoms with Crippen molar-refractivity contribution in [2.75, 3.05) is 0 Å². The molecule has 2 N–H and O–H groups in total. The van der Waals surface area contributed by atoms with Crippen molar-refractivity contribution < 1.29 is 8.78 Å². The summed E-state index contributed by atoms with van der Waals surface area (Å²) in [5, 5.41) is 0. The first kappa shape index (κ1) is 11.4. The first-order valence-corrected chi connectivity index (χ1v) is 4.39. The molecule has 1 nitrogen and oxygen atoms in total. The Labute approximate surface area is 87.7 Å². The Morgan fingerprint density at radius 1 is 1.21 bits per heavy atom. The number of rotatable bonds is 1. The van der Waals surface area contributed by atoms with Gasteiger partial charge in [-0.25, -0.2) is 8.78 Å². The lowest BCUT2D eigenvalue weighted by atomic mass is 9.75. The van der Waals surface area contributed by atoms with E-state index in [1.807, 2.05) is 0 Å². The molecule has 0 amide bonds. The molecule has 4 heteroatoms. The minimum absolute atomic E-state index is 0. The zero-order chi connectivity index (χ0) is 9.42.